The lowest BCUT2D eigenvalue weighted by molar-refractivity contribution is 1.21. The number of hydrogen-bond acceptors (Lipinski definition) is 6. The number of rotatable bonds is 14. The fraction of sp³-hybridized carbons (Fsp3) is 0.0727. The van der Waals surface area contributed by atoms with Crippen molar-refractivity contribution < 1.29 is 0 Å². The van der Waals surface area contributed by atoms with Crippen LogP contribution in [0.15, 0.2) is 376 Å². The SMILES string of the molecule is Cc1cccc(C)c1-c1ccc(N(c2ccc(-c3c(C)cccc3C)cc2)c2cc3c4c(c2)N(c2ccccc2)c2cc5c(cc2B4c2ccccc2N3c2ccccc2)B2c3ccccc3N(c3ccccc3)c3cc(N(c4ccc(-c6c(C)cccc6C)cc4)c4ccc(-c6c(C)cccc6C)cc4)cc(c32)N5c2ccccc2)cc1. The molecule has 6 nitrogen and oxygen atoms in total. The molecule has 118 heavy (non-hydrogen) atoms. The largest absolute Gasteiger partial charge is 0.311 e. The van der Waals surface area contributed by atoms with Crippen LogP contribution in [0.25, 0.3) is 44.5 Å². The lowest BCUT2D eigenvalue weighted by atomic mass is 9.30. The molecule has 562 valence electrons. The van der Waals surface area contributed by atoms with E-state index >= 15 is 0 Å². The van der Waals surface area contributed by atoms with E-state index in [0.29, 0.717) is 0 Å². The van der Waals surface area contributed by atoms with Gasteiger partial charge in [0.1, 0.15) is 0 Å². The van der Waals surface area contributed by atoms with Crippen LogP contribution >= 0.6 is 0 Å². The third kappa shape index (κ3) is 11.8. The number of nitrogens with zero attached hydrogens (tertiary/aromatic N) is 6. The average Bonchev–Trinajstić information content (AvgIpc) is 0.682. The van der Waals surface area contributed by atoms with E-state index in [1.54, 1.807) is 0 Å². The third-order valence-corrected chi connectivity index (χ3v) is 25.2. The highest BCUT2D eigenvalue weighted by Crippen LogP contribution is 2.54. The molecule has 8 heteroatoms. The summed E-state index contributed by atoms with van der Waals surface area (Å²) in [7, 11) is 0. The molecular weight excluding hydrogens is 1430 g/mol. The second-order valence-corrected chi connectivity index (χ2v) is 32.4. The number of hydrogen-bond donors (Lipinski definition) is 0. The van der Waals surface area contributed by atoms with Crippen LogP contribution in [-0.2, 0) is 0 Å². The molecule has 4 aliphatic heterocycles. The van der Waals surface area contributed by atoms with Gasteiger partial charge < -0.3 is 29.4 Å². The van der Waals surface area contributed by atoms with Crippen LogP contribution in [0.1, 0.15) is 44.5 Å². The van der Waals surface area contributed by atoms with E-state index in [1.807, 2.05) is 0 Å². The Kier molecular flexibility index (Phi) is 17.5. The first-order valence-corrected chi connectivity index (χ1v) is 41.3. The van der Waals surface area contributed by atoms with Crippen molar-refractivity contribution in [3.63, 3.8) is 0 Å². The summed E-state index contributed by atoms with van der Waals surface area (Å²) in [6.07, 6.45) is 0. The summed E-state index contributed by atoms with van der Waals surface area (Å²) in [5.41, 5.74) is 46.8. The van der Waals surface area contributed by atoms with Crippen LogP contribution in [0.2, 0.25) is 0 Å². The van der Waals surface area contributed by atoms with E-state index in [-0.39, 0.29) is 13.4 Å². The molecule has 4 heterocycles. The molecule has 0 spiro atoms. The highest BCUT2D eigenvalue weighted by Gasteiger charge is 2.49. The highest BCUT2D eigenvalue weighted by atomic mass is 15.2. The molecule has 0 aliphatic carbocycles. The Hall–Kier alpha value is -14.3. The van der Waals surface area contributed by atoms with Gasteiger partial charge in [-0.1, -0.05) is 237 Å². The second kappa shape index (κ2) is 28.9. The molecule has 17 aromatic carbocycles. The molecule has 0 radical (unpaired) electrons. The molecule has 0 unspecified atom stereocenters. The van der Waals surface area contributed by atoms with E-state index in [2.05, 4.69) is 461 Å². The van der Waals surface area contributed by atoms with Gasteiger partial charge in [0.05, 0.1) is 11.4 Å². The fourth-order valence-corrected chi connectivity index (χ4v) is 20.1. The summed E-state index contributed by atoms with van der Waals surface area (Å²) < 4.78 is 0. The minimum atomic E-state index is -0.221. The van der Waals surface area contributed by atoms with E-state index in [0.717, 1.165) is 102 Å². The third-order valence-electron chi connectivity index (χ3n) is 25.2. The molecule has 0 atom stereocenters. The summed E-state index contributed by atoms with van der Waals surface area (Å²) in [6.45, 7) is 17.4. The first-order chi connectivity index (χ1) is 57.9. The standard InChI is InChI=1S/C110H86B2N6/c1-71-29-25-30-72(2)105(71)79-49-57-87(58-50-79)113(88-59-51-80(52-60-88)106-73(3)31-26-32-74(106)4)91-65-101-109-103(67-91)117(85-41-17-11-18-42-85)99-70-100-96(69-95(99)111(109)93-45-21-23-47-97(93)115(101)83-37-13-9-14-38-83)112-94-46-22-24-48-98(94)116(84-39-15-10-16-40-84)102-66-92(68-104(110(102)112)118(100)86-43-19-12-20-44-86)114(89-61-53-81(54-62-89)107-75(5)33-27-34-76(107)6)90-63-55-82(56-64-90)108-77(7)35-28-36-78(108)8/h9-70H,1-8H3. The van der Waals surface area contributed by atoms with Crippen molar-refractivity contribution in [2.75, 3.05) is 29.4 Å². The van der Waals surface area contributed by atoms with Gasteiger partial charge >= 0.3 is 0 Å². The van der Waals surface area contributed by atoms with Gasteiger partial charge in [-0.05, 0) is 317 Å². The summed E-state index contributed by atoms with van der Waals surface area (Å²) >= 11 is 0. The van der Waals surface area contributed by atoms with Crippen LogP contribution in [0.5, 0.6) is 0 Å². The highest BCUT2D eigenvalue weighted by molar-refractivity contribution is 7.03. The first-order valence-electron chi connectivity index (χ1n) is 41.3. The van der Waals surface area contributed by atoms with Crippen LogP contribution in [-0.4, -0.2) is 13.4 Å². The van der Waals surface area contributed by atoms with Crippen LogP contribution in [0, 0.1) is 55.4 Å². The van der Waals surface area contributed by atoms with Gasteiger partial charge in [0.15, 0.2) is 0 Å². The van der Waals surface area contributed by atoms with E-state index in [9.17, 15) is 0 Å². The lowest BCUT2D eigenvalue weighted by Gasteiger charge is -2.47. The molecule has 0 aromatic heterocycles. The molecule has 21 rings (SSSR count). The quantitative estimate of drug-likeness (QED) is 0.100. The molecule has 0 saturated carbocycles. The topological polar surface area (TPSA) is 19.4 Å². The lowest BCUT2D eigenvalue weighted by Crippen LogP contribution is -2.65. The monoisotopic (exact) mass is 1510 g/mol. The normalized spacial score (nSPS) is 12.6. The zero-order valence-corrected chi connectivity index (χ0v) is 67.6. The van der Waals surface area contributed by atoms with Crippen molar-refractivity contribution >= 4 is 149 Å². The average molecular weight is 1510 g/mol. The number of benzene rings is 17. The van der Waals surface area contributed by atoms with Crippen LogP contribution < -0.4 is 62.2 Å². The number of para-hydroxylation sites is 6. The molecule has 0 N–H and O–H groups in total. The molecular formula is C110H86B2N6. The molecule has 0 amide bonds. The molecule has 17 aromatic rings. The first kappa shape index (κ1) is 71.5. The Morgan fingerprint density at radius 1 is 0.178 bits per heavy atom. The van der Waals surface area contributed by atoms with Gasteiger partial charge in [-0.2, -0.15) is 0 Å². The number of fused-ring (bicyclic) bond motifs is 8. The van der Waals surface area contributed by atoms with Crippen LogP contribution in [0.3, 0.4) is 0 Å². The van der Waals surface area contributed by atoms with Gasteiger partial charge in [-0.25, -0.2) is 0 Å². The van der Waals surface area contributed by atoms with Crippen molar-refractivity contribution in [2.45, 2.75) is 55.4 Å². The van der Waals surface area contributed by atoms with Crippen LogP contribution in [0.4, 0.5) is 102 Å². The van der Waals surface area contributed by atoms with Crippen molar-refractivity contribution in [2.24, 2.45) is 0 Å². The van der Waals surface area contributed by atoms with E-state index in [4.69, 9.17) is 0 Å². The predicted molar refractivity (Wildman–Crippen MR) is 503 cm³/mol. The summed E-state index contributed by atoms with van der Waals surface area (Å²) in [4.78, 5) is 15.3. The Labute approximate surface area is 693 Å². The van der Waals surface area contributed by atoms with Crippen molar-refractivity contribution in [1.82, 2.24) is 0 Å². The zero-order valence-electron chi connectivity index (χ0n) is 67.6. The molecule has 0 fully saturated rings. The van der Waals surface area contributed by atoms with Crippen molar-refractivity contribution in [3.8, 4) is 44.5 Å². The number of anilines is 18. The summed E-state index contributed by atoms with van der Waals surface area (Å²) in [5, 5.41) is 0. The molecule has 0 bridgehead atoms. The van der Waals surface area contributed by atoms with E-state index in [1.165, 1.54) is 122 Å². The van der Waals surface area contributed by atoms with Gasteiger partial charge in [-0.3, -0.25) is 0 Å². The Morgan fingerprint density at radius 3 is 0.661 bits per heavy atom. The minimum Gasteiger partial charge on any atom is -0.311 e. The van der Waals surface area contributed by atoms with Gasteiger partial charge in [0, 0.05) is 91.0 Å². The Morgan fingerprint density at radius 2 is 0.407 bits per heavy atom. The number of aryl methyl sites for hydroxylation is 8. The van der Waals surface area contributed by atoms with Crippen molar-refractivity contribution in [3.05, 3.63) is 421 Å². The van der Waals surface area contributed by atoms with Gasteiger partial charge in [0.2, 0.25) is 0 Å². The fourth-order valence-electron chi connectivity index (χ4n) is 20.1. The van der Waals surface area contributed by atoms with Crippen molar-refractivity contribution in [1.29, 1.82) is 0 Å². The van der Waals surface area contributed by atoms with Gasteiger partial charge in [0.25, 0.3) is 13.4 Å². The second-order valence-electron chi connectivity index (χ2n) is 32.4. The minimum absolute atomic E-state index is 0.221. The zero-order chi connectivity index (χ0) is 79.6. The Balaban J connectivity index is 0.834. The van der Waals surface area contributed by atoms with Gasteiger partial charge in [-0.15, -0.1) is 0 Å². The molecule has 4 aliphatic rings. The maximum atomic E-state index is 2.65. The summed E-state index contributed by atoms with van der Waals surface area (Å²) in [6, 6.07) is 142. The molecule has 0 saturated heterocycles. The smallest absolute Gasteiger partial charge is 0.252 e. The Bertz CT molecular complexity index is 6110. The maximum Gasteiger partial charge on any atom is 0.252 e. The maximum absolute atomic E-state index is 2.65. The predicted octanol–water partition coefficient (Wildman–Crippen LogP) is 25.9. The van der Waals surface area contributed by atoms with E-state index < -0.39 is 0 Å². The summed E-state index contributed by atoms with van der Waals surface area (Å²) in [5.74, 6) is 0.